The Bertz CT molecular complexity index is 1260. The number of benzene rings is 1. The van der Waals surface area contributed by atoms with Gasteiger partial charge in [-0.3, -0.25) is 9.59 Å². The number of pyridine rings is 1. The highest BCUT2D eigenvalue weighted by Gasteiger charge is 2.34. The highest BCUT2D eigenvalue weighted by molar-refractivity contribution is 7.16. The van der Waals surface area contributed by atoms with E-state index in [-0.39, 0.29) is 44.6 Å². The zero-order valence-corrected chi connectivity index (χ0v) is 19.4. The minimum atomic E-state index is -4.57. The summed E-state index contributed by atoms with van der Waals surface area (Å²) < 4.78 is 39.7. The number of alkyl halides is 3. The fourth-order valence-electron chi connectivity index (χ4n) is 3.05. The van der Waals surface area contributed by atoms with Crippen LogP contribution in [0, 0.1) is 0 Å². The molecule has 1 aliphatic rings. The Morgan fingerprint density at radius 3 is 2.50 bits per heavy atom. The number of halogens is 5. The number of aromatic nitrogens is 2. The van der Waals surface area contributed by atoms with E-state index >= 15 is 0 Å². The van der Waals surface area contributed by atoms with Crippen molar-refractivity contribution in [3.63, 3.8) is 0 Å². The predicted octanol–water partition coefficient (Wildman–Crippen LogP) is 5.63. The van der Waals surface area contributed by atoms with Gasteiger partial charge in [-0.05, 0) is 30.5 Å². The van der Waals surface area contributed by atoms with Crippen molar-refractivity contribution in [1.82, 2.24) is 15.3 Å². The summed E-state index contributed by atoms with van der Waals surface area (Å²) in [4.78, 5) is 33.6. The molecule has 0 atom stereocenters. The molecule has 2 heterocycles. The summed E-state index contributed by atoms with van der Waals surface area (Å²) >= 11 is 12.7. The average Bonchev–Trinajstić information content (AvgIpc) is 3.55. The van der Waals surface area contributed by atoms with Crippen LogP contribution >= 0.6 is 34.5 Å². The minimum Gasteiger partial charge on any atom is -0.504 e. The van der Waals surface area contributed by atoms with E-state index in [0.717, 1.165) is 36.3 Å². The van der Waals surface area contributed by atoms with Crippen LogP contribution in [0.2, 0.25) is 10.2 Å². The Labute approximate surface area is 204 Å². The summed E-state index contributed by atoms with van der Waals surface area (Å²) in [6.07, 6.45) is -2.81. The second-order valence-electron chi connectivity index (χ2n) is 7.42. The lowest BCUT2D eigenvalue weighted by atomic mass is 10.1. The van der Waals surface area contributed by atoms with Crippen LogP contribution in [-0.2, 0) is 12.7 Å². The van der Waals surface area contributed by atoms with Gasteiger partial charge < -0.3 is 15.7 Å². The molecule has 1 fully saturated rings. The Morgan fingerprint density at radius 2 is 1.85 bits per heavy atom. The number of anilines is 1. The molecule has 0 radical (unpaired) electrons. The number of amides is 2. The zero-order chi connectivity index (χ0) is 24.6. The Morgan fingerprint density at radius 1 is 1.15 bits per heavy atom. The first-order valence-electron chi connectivity index (χ1n) is 9.85. The molecule has 178 valence electrons. The molecule has 2 aromatic heterocycles. The van der Waals surface area contributed by atoms with Crippen molar-refractivity contribution in [2.24, 2.45) is 0 Å². The van der Waals surface area contributed by atoms with Crippen LogP contribution in [0.25, 0.3) is 0 Å². The van der Waals surface area contributed by atoms with Gasteiger partial charge in [0.05, 0.1) is 15.6 Å². The Kier molecular flexibility index (Phi) is 6.70. The number of hydrogen-bond donors (Lipinski definition) is 3. The third-order valence-corrected chi connectivity index (χ3v) is 6.60. The van der Waals surface area contributed by atoms with Crippen LogP contribution in [-0.4, -0.2) is 26.9 Å². The monoisotopic (exact) mass is 530 g/mol. The fourth-order valence-corrected chi connectivity index (χ4v) is 4.61. The molecule has 1 aromatic carbocycles. The Balaban J connectivity index is 1.56. The minimum absolute atomic E-state index is 0.107. The summed E-state index contributed by atoms with van der Waals surface area (Å²) in [5.41, 5.74) is -1.29. The topological polar surface area (TPSA) is 104 Å². The summed E-state index contributed by atoms with van der Waals surface area (Å²) in [6, 6.07) is 6.01. The van der Waals surface area contributed by atoms with Crippen LogP contribution in [0.5, 0.6) is 5.75 Å². The Hall–Kier alpha value is -2.89. The van der Waals surface area contributed by atoms with Gasteiger partial charge in [0.15, 0.2) is 16.6 Å². The normalized spacial score (nSPS) is 13.6. The SMILES string of the molecule is O=C(Nc1sc(C2CC2)nc1C(=O)NCc1ccccc1C(F)(F)F)c1cc(Cl)c(O)c(Cl)n1. The van der Waals surface area contributed by atoms with Crippen molar-refractivity contribution in [3.8, 4) is 5.75 Å². The van der Waals surface area contributed by atoms with Crippen molar-refractivity contribution < 1.29 is 27.9 Å². The highest BCUT2D eigenvalue weighted by atomic mass is 35.5. The molecule has 0 saturated heterocycles. The van der Waals surface area contributed by atoms with E-state index in [1.165, 1.54) is 18.2 Å². The molecule has 0 unspecified atom stereocenters. The molecule has 3 aromatic rings. The number of rotatable bonds is 6. The fraction of sp³-hybridized carbons (Fsp3) is 0.238. The predicted molar refractivity (Wildman–Crippen MR) is 121 cm³/mol. The van der Waals surface area contributed by atoms with Crippen LogP contribution < -0.4 is 10.6 Å². The molecule has 4 rings (SSSR count). The average molecular weight is 531 g/mol. The van der Waals surface area contributed by atoms with Crippen LogP contribution in [0.1, 0.15) is 55.9 Å². The van der Waals surface area contributed by atoms with Crippen LogP contribution in [0.3, 0.4) is 0 Å². The summed E-state index contributed by atoms with van der Waals surface area (Å²) in [6.45, 7) is -0.386. The molecular formula is C21H15Cl2F3N4O3S. The first-order valence-corrected chi connectivity index (χ1v) is 11.4. The lowest BCUT2D eigenvalue weighted by Gasteiger charge is -2.13. The maximum atomic E-state index is 13.2. The largest absolute Gasteiger partial charge is 0.504 e. The van der Waals surface area contributed by atoms with Gasteiger partial charge in [0.25, 0.3) is 11.8 Å². The van der Waals surface area contributed by atoms with E-state index in [2.05, 4.69) is 20.6 Å². The van der Waals surface area contributed by atoms with Crippen molar-refractivity contribution in [2.75, 3.05) is 5.32 Å². The molecule has 2 amide bonds. The number of hydrogen-bond acceptors (Lipinski definition) is 6. The van der Waals surface area contributed by atoms with E-state index < -0.39 is 29.3 Å². The number of nitrogens with one attached hydrogen (secondary N) is 2. The highest BCUT2D eigenvalue weighted by Crippen LogP contribution is 2.44. The molecule has 7 nitrogen and oxygen atoms in total. The zero-order valence-electron chi connectivity index (χ0n) is 17.0. The number of thiazole rings is 1. The third-order valence-electron chi connectivity index (χ3n) is 4.91. The second kappa shape index (κ2) is 9.40. The lowest BCUT2D eigenvalue weighted by Crippen LogP contribution is -2.26. The van der Waals surface area contributed by atoms with Gasteiger partial charge in [-0.25, -0.2) is 9.97 Å². The molecule has 1 aliphatic carbocycles. The van der Waals surface area contributed by atoms with Gasteiger partial charge in [0, 0.05) is 12.5 Å². The first kappa shape index (κ1) is 24.2. The van der Waals surface area contributed by atoms with Gasteiger partial charge in [-0.2, -0.15) is 13.2 Å². The summed E-state index contributed by atoms with van der Waals surface area (Å²) in [7, 11) is 0. The summed E-state index contributed by atoms with van der Waals surface area (Å²) in [5.74, 6) is -1.83. The number of aromatic hydroxyl groups is 1. The lowest BCUT2D eigenvalue weighted by molar-refractivity contribution is -0.138. The van der Waals surface area contributed by atoms with Gasteiger partial charge in [0.1, 0.15) is 10.7 Å². The molecule has 13 heteroatoms. The number of nitrogens with zero attached hydrogens (tertiary/aromatic N) is 2. The van der Waals surface area contributed by atoms with Crippen molar-refractivity contribution in [2.45, 2.75) is 31.5 Å². The van der Waals surface area contributed by atoms with E-state index in [9.17, 15) is 27.9 Å². The maximum absolute atomic E-state index is 13.2. The van der Waals surface area contributed by atoms with E-state index in [4.69, 9.17) is 23.2 Å². The summed E-state index contributed by atoms with van der Waals surface area (Å²) in [5, 5.41) is 14.8. The van der Waals surface area contributed by atoms with Crippen molar-refractivity contribution >= 4 is 51.4 Å². The number of carbonyl (C=O) groups excluding carboxylic acids is 2. The van der Waals surface area contributed by atoms with Gasteiger partial charge in [-0.1, -0.05) is 41.4 Å². The molecule has 0 bridgehead atoms. The van der Waals surface area contributed by atoms with Crippen molar-refractivity contribution in [1.29, 1.82) is 0 Å². The number of carbonyl (C=O) groups is 2. The first-order chi connectivity index (χ1) is 16.0. The molecule has 1 saturated carbocycles. The van der Waals surface area contributed by atoms with Crippen molar-refractivity contribution in [3.05, 3.63) is 68.0 Å². The second-order valence-corrected chi connectivity index (χ2v) is 9.22. The van der Waals surface area contributed by atoms with Gasteiger partial charge >= 0.3 is 6.18 Å². The molecule has 3 N–H and O–H groups in total. The maximum Gasteiger partial charge on any atom is 0.416 e. The molecule has 0 spiro atoms. The standard InChI is InChI=1S/C21H15Cl2F3N4O3S/c22-12-7-13(28-16(23)15(12)31)17(32)30-20-14(29-19(34-20)9-5-6-9)18(33)27-8-10-3-1-2-4-11(10)21(24,25)26/h1-4,7,9,31H,5-6,8H2,(H,27,33)(H,30,32). The van der Waals surface area contributed by atoms with Gasteiger partial charge in [-0.15, -0.1) is 11.3 Å². The quantitative estimate of drug-likeness (QED) is 0.358. The smallest absolute Gasteiger partial charge is 0.416 e. The molecule has 0 aliphatic heterocycles. The van der Waals surface area contributed by atoms with E-state index in [0.29, 0.717) is 5.01 Å². The van der Waals surface area contributed by atoms with Crippen LogP contribution in [0.4, 0.5) is 18.2 Å². The molecular weight excluding hydrogens is 516 g/mol. The van der Waals surface area contributed by atoms with E-state index in [1.54, 1.807) is 0 Å². The van der Waals surface area contributed by atoms with E-state index in [1.807, 2.05) is 0 Å². The van der Waals surface area contributed by atoms with Gasteiger partial charge in [0.2, 0.25) is 0 Å². The third kappa shape index (κ3) is 5.26. The molecule has 34 heavy (non-hydrogen) atoms. The van der Waals surface area contributed by atoms with Crippen LogP contribution in [0.15, 0.2) is 30.3 Å².